The highest BCUT2D eigenvalue weighted by atomic mass is 35.5. The molecule has 2 atom stereocenters. The molecular weight excluding hydrogens is 334 g/mol. The van der Waals surface area contributed by atoms with Crippen LogP contribution in [0.15, 0.2) is 29.6 Å². The molecule has 1 aromatic heterocycles. The van der Waals surface area contributed by atoms with Crippen molar-refractivity contribution in [1.29, 1.82) is 0 Å². The Labute approximate surface area is 144 Å². The molecule has 2 aromatic rings. The minimum Gasteiger partial charge on any atom is -0.375 e. The predicted molar refractivity (Wildman–Crippen MR) is 93.0 cm³/mol. The summed E-state index contributed by atoms with van der Waals surface area (Å²) in [4.78, 5) is 16.6. The molecule has 1 heterocycles. The Morgan fingerprint density at radius 1 is 1.43 bits per heavy atom. The molecule has 0 saturated heterocycles. The summed E-state index contributed by atoms with van der Waals surface area (Å²) in [5.41, 5.74) is 6.86. The van der Waals surface area contributed by atoms with Crippen molar-refractivity contribution in [2.24, 2.45) is 5.73 Å². The van der Waals surface area contributed by atoms with Crippen molar-refractivity contribution in [2.45, 2.75) is 25.5 Å². The number of thiazole rings is 1. The van der Waals surface area contributed by atoms with Crippen LogP contribution in [0.1, 0.15) is 34.1 Å². The zero-order valence-electron chi connectivity index (χ0n) is 13.1. The molecule has 5 nitrogen and oxygen atoms in total. The molecule has 1 aromatic carbocycles. The number of carbonyl (C=O) groups excluding carboxylic acids is 1. The van der Waals surface area contributed by atoms with Crippen molar-refractivity contribution in [3.05, 3.63) is 50.9 Å². The number of nitrogens with zero attached hydrogens (tertiary/aromatic N) is 1. The zero-order chi connectivity index (χ0) is 16.8. The average Bonchev–Trinajstić information content (AvgIpc) is 2.99. The topological polar surface area (TPSA) is 77.2 Å². The van der Waals surface area contributed by atoms with E-state index in [4.69, 9.17) is 22.1 Å². The van der Waals surface area contributed by atoms with E-state index in [0.29, 0.717) is 23.7 Å². The number of ether oxygens (including phenoxy) is 1. The van der Waals surface area contributed by atoms with Crippen LogP contribution >= 0.6 is 22.9 Å². The molecule has 1 amide bonds. The van der Waals surface area contributed by atoms with Gasteiger partial charge in [0.25, 0.3) is 5.91 Å². The molecule has 23 heavy (non-hydrogen) atoms. The van der Waals surface area contributed by atoms with Crippen molar-refractivity contribution in [2.75, 3.05) is 13.7 Å². The van der Waals surface area contributed by atoms with E-state index in [1.54, 1.807) is 24.6 Å². The molecule has 0 saturated carbocycles. The highest BCUT2D eigenvalue weighted by molar-refractivity contribution is 7.09. The second kappa shape index (κ2) is 8.40. The van der Waals surface area contributed by atoms with Gasteiger partial charge in [-0.05, 0) is 31.2 Å². The summed E-state index contributed by atoms with van der Waals surface area (Å²) in [6.45, 7) is 2.42. The maximum Gasteiger partial charge on any atom is 0.271 e. The Kier molecular flexibility index (Phi) is 6.53. The average molecular weight is 354 g/mol. The third-order valence-corrected chi connectivity index (χ3v) is 4.57. The van der Waals surface area contributed by atoms with Crippen LogP contribution in [0.4, 0.5) is 0 Å². The number of methoxy groups -OCH3 is 1. The van der Waals surface area contributed by atoms with Crippen molar-refractivity contribution in [3.63, 3.8) is 0 Å². The number of aromatic nitrogens is 1. The van der Waals surface area contributed by atoms with Crippen molar-refractivity contribution in [1.82, 2.24) is 10.3 Å². The molecule has 0 aliphatic heterocycles. The first-order valence-corrected chi connectivity index (χ1v) is 8.54. The van der Waals surface area contributed by atoms with Gasteiger partial charge in [-0.15, -0.1) is 11.3 Å². The maximum atomic E-state index is 12.3. The Bertz CT molecular complexity index is 645. The third-order valence-electron chi connectivity index (χ3n) is 3.41. The molecule has 0 bridgehead atoms. The smallest absolute Gasteiger partial charge is 0.271 e. The van der Waals surface area contributed by atoms with E-state index in [0.717, 1.165) is 10.6 Å². The number of amides is 1. The lowest BCUT2D eigenvalue weighted by Gasteiger charge is -2.24. The van der Waals surface area contributed by atoms with Gasteiger partial charge in [-0.2, -0.15) is 0 Å². The van der Waals surface area contributed by atoms with Crippen LogP contribution in [0.2, 0.25) is 5.02 Å². The Morgan fingerprint density at radius 2 is 2.13 bits per heavy atom. The molecule has 0 spiro atoms. The molecule has 7 heteroatoms. The number of hydrogen-bond donors (Lipinski definition) is 2. The van der Waals surface area contributed by atoms with Gasteiger partial charge in [0, 0.05) is 23.9 Å². The van der Waals surface area contributed by atoms with E-state index in [1.807, 2.05) is 19.1 Å². The van der Waals surface area contributed by atoms with E-state index in [1.165, 1.54) is 11.3 Å². The summed E-state index contributed by atoms with van der Waals surface area (Å²) < 4.78 is 5.53. The van der Waals surface area contributed by atoms with Crippen molar-refractivity contribution < 1.29 is 9.53 Å². The van der Waals surface area contributed by atoms with Gasteiger partial charge in [0.1, 0.15) is 11.8 Å². The van der Waals surface area contributed by atoms with Gasteiger partial charge in [0.15, 0.2) is 0 Å². The van der Waals surface area contributed by atoms with Crippen LogP contribution in [-0.4, -0.2) is 30.6 Å². The first kappa shape index (κ1) is 17.9. The van der Waals surface area contributed by atoms with Gasteiger partial charge in [0.05, 0.1) is 11.0 Å². The van der Waals surface area contributed by atoms with Gasteiger partial charge < -0.3 is 15.8 Å². The lowest BCUT2D eigenvalue weighted by atomic mass is 10.0. The minimum absolute atomic E-state index is 0.215. The van der Waals surface area contributed by atoms with E-state index in [2.05, 4.69) is 10.3 Å². The zero-order valence-corrected chi connectivity index (χ0v) is 14.7. The molecule has 2 rings (SSSR count). The van der Waals surface area contributed by atoms with E-state index in [9.17, 15) is 4.79 Å². The normalized spacial score (nSPS) is 13.6. The summed E-state index contributed by atoms with van der Waals surface area (Å²) >= 11 is 7.35. The van der Waals surface area contributed by atoms with Crippen LogP contribution in [0.25, 0.3) is 0 Å². The molecule has 0 aliphatic carbocycles. The highest BCUT2D eigenvalue weighted by Gasteiger charge is 2.22. The molecule has 124 valence electrons. The van der Waals surface area contributed by atoms with Crippen LogP contribution in [0, 0.1) is 0 Å². The number of hydrogen-bond acceptors (Lipinski definition) is 5. The standard InChI is InChI=1S/C16H20ClN3O2S/c1-10(15(22-2)11-3-5-12(17)6-4-11)19-16(21)13-9-23-14(20-13)7-8-18/h3-6,9-10,15H,7-8,18H2,1-2H3,(H,19,21). The van der Waals surface area contributed by atoms with E-state index in [-0.39, 0.29) is 18.1 Å². The predicted octanol–water partition coefficient (Wildman–Crippen LogP) is 2.80. The number of rotatable bonds is 7. The van der Waals surface area contributed by atoms with Gasteiger partial charge in [0.2, 0.25) is 0 Å². The molecule has 0 radical (unpaired) electrons. The van der Waals surface area contributed by atoms with Crippen molar-refractivity contribution in [3.8, 4) is 0 Å². The molecule has 0 aliphatic rings. The second-order valence-corrected chi connectivity index (χ2v) is 6.51. The lowest BCUT2D eigenvalue weighted by Crippen LogP contribution is -2.38. The number of nitrogens with two attached hydrogens (primary N) is 1. The summed E-state index contributed by atoms with van der Waals surface area (Å²) in [6.07, 6.45) is 0.414. The SMILES string of the molecule is COC(c1ccc(Cl)cc1)C(C)NC(=O)c1csc(CCN)n1. The summed E-state index contributed by atoms with van der Waals surface area (Å²) in [5, 5.41) is 6.21. The summed E-state index contributed by atoms with van der Waals surface area (Å²) in [5.74, 6) is -0.215. The first-order chi connectivity index (χ1) is 11.0. The Hall–Kier alpha value is -1.47. The molecule has 2 unspecified atom stereocenters. The fraction of sp³-hybridized carbons (Fsp3) is 0.375. The minimum atomic E-state index is -0.265. The molecule has 3 N–H and O–H groups in total. The van der Waals surface area contributed by atoms with Crippen molar-refractivity contribution >= 4 is 28.8 Å². The second-order valence-electron chi connectivity index (χ2n) is 5.14. The van der Waals surface area contributed by atoms with Crippen LogP contribution in [0.5, 0.6) is 0 Å². The van der Waals surface area contributed by atoms with Crippen LogP contribution in [-0.2, 0) is 11.2 Å². The summed E-state index contributed by atoms with van der Waals surface area (Å²) in [6, 6.07) is 7.17. The third kappa shape index (κ3) is 4.75. The largest absolute Gasteiger partial charge is 0.375 e. The molecular formula is C16H20ClN3O2S. The van der Waals surface area contributed by atoms with Crippen LogP contribution < -0.4 is 11.1 Å². The van der Waals surface area contributed by atoms with Gasteiger partial charge in [-0.3, -0.25) is 4.79 Å². The fourth-order valence-electron chi connectivity index (χ4n) is 2.29. The monoisotopic (exact) mass is 353 g/mol. The van der Waals surface area contributed by atoms with E-state index < -0.39 is 0 Å². The van der Waals surface area contributed by atoms with Gasteiger partial charge >= 0.3 is 0 Å². The van der Waals surface area contributed by atoms with Crippen LogP contribution in [0.3, 0.4) is 0 Å². The quantitative estimate of drug-likeness (QED) is 0.802. The Balaban J connectivity index is 2.04. The van der Waals surface area contributed by atoms with Gasteiger partial charge in [-0.1, -0.05) is 23.7 Å². The Morgan fingerprint density at radius 3 is 2.74 bits per heavy atom. The molecule has 0 fully saturated rings. The maximum absolute atomic E-state index is 12.3. The number of nitrogens with one attached hydrogen (secondary N) is 1. The fourth-order valence-corrected chi connectivity index (χ4v) is 3.21. The first-order valence-electron chi connectivity index (χ1n) is 7.28. The lowest BCUT2D eigenvalue weighted by molar-refractivity contribution is 0.0643. The van der Waals surface area contributed by atoms with E-state index >= 15 is 0 Å². The number of carbonyl (C=O) groups is 1. The number of halogens is 1. The van der Waals surface area contributed by atoms with Gasteiger partial charge in [-0.25, -0.2) is 4.98 Å². The summed E-state index contributed by atoms with van der Waals surface area (Å²) in [7, 11) is 1.62. The highest BCUT2D eigenvalue weighted by Crippen LogP contribution is 2.23. The number of benzene rings is 1.